The van der Waals surface area contributed by atoms with Crippen LogP contribution in [-0.4, -0.2) is 6.54 Å². The predicted molar refractivity (Wildman–Crippen MR) is 101 cm³/mol. The molecule has 0 fully saturated rings. The van der Waals surface area contributed by atoms with Gasteiger partial charge in [0.15, 0.2) is 0 Å². The number of hydrogen-bond acceptors (Lipinski definition) is 1. The summed E-state index contributed by atoms with van der Waals surface area (Å²) in [5, 5.41) is 3.60. The molecule has 4 heteroatoms. The number of nitrogens with one attached hydrogen (secondary N) is 1. The van der Waals surface area contributed by atoms with Gasteiger partial charge in [-0.3, -0.25) is 0 Å². The molecule has 21 heavy (non-hydrogen) atoms. The average Bonchev–Trinajstić information content (AvgIpc) is 2.43. The quantitative estimate of drug-likeness (QED) is 0.548. The summed E-state index contributed by atoms with van der Waals surface area (Å²) in [6, 6.07) is 10.9. The normalized spacial score (nSPS) is 12.5. The van der Waals surface area contributed by atoms with E-state index in [0.29, 0.717) is 0 Å². The lowest BCUT2D eigenvalue weighted by Gasteiger charge is -2.23. The largest absolute Gasteiger partial charge is 0.306 e. The Hall–Kier alpha value is -0.160. The van der Waals surface area contributed by atoms with Gasteiger partial charge in [0, 0.05) is 13.4 Å². The summed E-state index contributed by atoms with van der Waals surface area (Å²) < 4.78 is 3.37. The third-order valence-corrected chi connectivity index (χ3v) is 5.61. The van der Waals surface area contributed by atoms with Crippen molar-refractivity contribution in [1.82, 2.24) is 5.32 Å². The summed E-state index contributed by atoms with van der Waals surface area (Å²) in [4.78, 5) is 0. The highest BCUT2D eigenvalue weighted by atomic mass is 79.9. The molecule has 112 valence electrons. The van der Waals surface area contributed by atoms with Gasteiger partial charge in [-0.1, -0.05) is 60.8 Å². The van der Waals surface area contributed by atoms with Crippen molar-refractivity contribution in [3.63, 3.8) is 0 Å². The van der Waals surface area contributed by atoms with Crippen LogP contribution < -0.4 is 5.32 Å². The highest BCUT2D eigenvalue weighted by molar-refractivity contribution is 9.11. The van der Waals surface area contributed by atoms with Crippen molar-refractivity contribution in [3.05, 3.63) is 66.0 Å². The molecule has 0 aliphatic rings. The summed E-state index contributed by atoms with van der Waals surface area (Å²) in [5.74, 6) is 0. The first-order valence-electron chi connectivity index (χ1n) is 6.89. The summed E-state index contributed by atoms with van der Waals surface area (Å²) in [6.07, 6.45) is 0. The average molecular weight is 476 g/mol. The van der Waals surface area contributed by atoms with Crippen LogP contribution in [0.4, 0.5) is 0 Å². The lowest BCUT2D eigenvalue weighted by Crippen LogP contribution is -2.23. The van der Waals surface area contributed by atoms with Crippen LogP contribution in [0.25, 0.3) is 0 Å². The van der Waals surface area contributed by atoms with Crippen LogP contribution in [0, 0.1) is 13.8 Å². The fraction of sp³-hybridized carbons (Fsp3) is 0.294. The highest BCUT2D eigenvalue weighted by Crippen LogP contribution is 2.34. The molecule has 1 atom stereocenters. The number of aryl methyl sites for hydroxylation is 2. The van der Waals surface area contributed by atoms with Crippen molar-refractivity contribution in [2.75, 3.05) is 6.54 Å². The number of halogens is 3. The molecule has 0 spiro atoms. The molecule has 2 aromatic carbocycles. The monoisotopic (exact) mass is 473 g/mol. The first-order valence-corrected chi connectivity index (χ1v) is 9.27. The van der Waals surface area contributed by atoms with Gasteiger partial charge in [0.25, 0.3) is 0 Å². The molecule has 2 rings (SSSR count). The maximum absolute atomic E-state index is 3.69. The van der Waals surface area contributed by atoms with Crippen LogP contribution in [-0.2, 0) is 0 Å². The minimum Gasteiger partial charge on any atom is -0.306 e. The number of hydrogen-bond donors (Lipinski definition) is 1. The van der Waals surface area contributed by atoms with Gasteiger partial charge in [-0.25, -0.2) is 0 Å². The number of rotatable bonds is 4. The van der Waals surface area contributed by atoms with Crippen molar-refractivity contribution < 1.29 is 0 Å². The maximum atomic E-state index is 3.69. The molecule has 0 heterocycles. The van der Waals surface area contributed by atoms with Crippen molar-refractivity contribution in [2.45, 2.75) is 26.8 Å². The van der Waals surface area contributed by atoms with E-state index in [4.69, 9.17) is 0 Å². The Morgan fingerprint density at radius 1 is 0.905 bits per heavy atom. The van der Waals surface area contributed by atoms with E-state index in [1.54, 1.807) is 0 Å². The van der Waals surface area contributed by atoms with E-state index in [9.17, 15) is 0 Å². The van der Waals surface area contributed by atoms with E-state index >= 15 is 0 Å². The Balaban J connectivity index is 2.58. The zero-order valence-corrected chi connectivity index (χ0v) is 17.1. The standard InChI is InChI=1S/C17H18Br3N/c1-4-21-17(14-9-12(18)5-6-15(14)19)13-7-11(3)16(20)8-10(13)2/h5-9,17,21H,4H2,1-3H3. The van der Waals surface area contributed by atoms with Gasteiger partial charge in [0.2, 0.25) is 0 Å². The Kier molecular flexibility index (Phi) is 6.06. The van der Waals surface area contributed by atoms with E-state index in [1.165, 1.54) is 22.3 Å². The van der Waals surface area contributed by atoms with Crippen molar-refractivity contribution in [1.29, 1.82) is 0 Å². The number of benzene rings is 2. The van der Waals surface area contributed by atoms with Crippen LogP contribution in [0.5, 0.6) is 0 Å². The molecule has 0 saturated carbocycles. The van der Waals surface area contributed by atoms with Crippen LogP contribution in [0.15, 0.2) is 43.7 Å². The van der Waals surface area contributed by atoms with Crippen LogP contribution >= 0.6 is 47.8 Å². The van der Waals surface area contributed by atoms with Gasteiger partial charge in [0.1, 0.15) is 0 Å². The molecule has 1 nitrogen and oxygen atoms in total. The Morgan fingerprint density at radius 3 is 2.29 bits per heavy atom. The van der Waals surface area contributed by atoms with Gasteiger partial charge in [-0.15, -0.1) is 0 Å². The molecule has 0 bridgehead atoms. The van der Waals surface area contributed by atoms with Gasteiger partial charge in [0.05, 0.1) is 6.04 Å². The van der Waals surface area contributed by atoms with Gasteiger partial charge in [-0.2, -0.15) is 0 Å². The van der Waals surface area contributed by atoms with Crippen molar-refractivity contribution >= 4 is 47.8 Å². The summed E-state index contributed by atoms with van der Waals surface area (Å²) >= 11 is 10.9. The molecule has 0 aliphatic heterocycles. The summed E-state index contributed by atoms with van der Waals surface area (Å²) in [6.45, 7) is 7.35. The van der Waals surface area contributed by atoms with Gasteiger partial charge >= 0.3 is 0 Å². The van der Waals surface area contributed by atoms with Gasteiger partial charge < -0.3 is 5.32 Å². The van der Waals surface area contributed by atoms with Crippen molar-refractivity contribution in [3.8, 4) is 0 Å². The fourth-order valence-electron chi connectivity index (χ4n) is 2.44. The minimum atomic E-state index is 0.175. The second-order valence-corrected chi connectivity index (χ2v) is 7.74. The fourth-order valence-corrected chi connectivity index (χ4v) is 3.75. The minimum absolute atomic E-state index is 0.175. The van der Waals surface area contributed by atoms with Crippen LogP contribution in [0.1, 0.15) is 35.2 Å². The second kappa shape index (κ2) is 7.40. The van der Waals surface area contributed by atoms with E-state index in [-0.39, 0.29) is 6.04 Å². The first kappa shape index (κ1) is 17.2. The van der Waals surface area contributed by atoms with E-state index < -0.39 is 0 Å². The molecule has 0 amide bonds. The molecule has 0 aromatic heterocycles. The SMILES string of the molecule is CCNC(c1cc(C)c(Br)cc1C)c1cc(Br)ccc1Br. The molecular weight excluding hydrogens is 458 g/mol. The molecule has 1 unspecified atom stereocenters. The van der Waals surface area contributed by atoms with Crippen molar-refractivity contribution in [2.24, 2.45) is 0 Å². The zero-order chi connectivity index (χ0) is 15.6. The molecular formula is C17H18Br3N. The van der Waals surface area contributed by atoms with Gasteiger partial charge in [-0.05, 0) is 66.9 Å². The third-order valence-electron chi connectivity index (χ3n) is 3.54. The molecule has 2 aromatic rings. The molecule has 0 radical (unpaired) electrons. The Bertz CT molecular complexity index is 653. The predicted octanol–water partition coefficient (Wildman–Crippen LogP) is 6.29. The third kappa shape index (κ3) is 3.98. The molecule has 0 saturated heterocycles. The first-order chi connectivity index (χ1) is 9.93. The smallest absolute Gasteiger partial charge is 0.0590 e. The molecule has 1 N–H and O–H groups in total. The zero-order valence-electron chi connectivity index (χ0n) is 12.3. The Morgan fingerprint density at radius 2 is 1.62 bits per heavy atom. The van der Waals surface area contributed by atoms with E-state index in [2.05, 4.69) is 104 Å². The highest BCUT2D eigenvalue weighted by Gasteiger charge is 2.19. The molecule has 0 aliphatic carbocycles. The lowest BCUT2D eigenvalue weighted by molar-refractivity contribution is 0.625. The maximum Gasteiger partial charge on any atom is 0.0590 e. The second-order valence-electron chi connectivity index (χ2n) is 5.11. The van der Waals surface area contributed by atoms with Crippen LogP contribution in [0.2, 0.25) is 0 Å². The topological polar surface area (TPSA) is 12.0 Å². The Labute approximate surface area is 151 Å². The summed E-state index contributed by atoms with van der Waals surface area (Å²) in [5.41, 5.74) is 5.10. The lowest BCUT2D eigenvalue weighted by atomic mass is 9.93. The van der Waals surface area contributed by atoms with E-state index in [1.807, 2.05) is 0 Å². The van der Waals surface area contributed by atoms with Crippen LogP contribution in [0.3, 0.4) is 0 Å². The van der Waals surface area contributed by atoms with E-state index in [0.717, 1.165) is 20.0 Å². The summed E-state index contributed by atoms with van der Waals surface area (Å²) in [7, 11) is 0.